The van der Waals surface area contributed by atoms with Crippen LogP contribution in [0.25, 0.3) is 0 Å². The molecule has 1 aliphatic rings. The molecule has 1 aliphatic carbocycles. The van der Waals surface area contributed by atoms with Crippen LogP contribution < -0.4 is 5.32 Å². The summed E-state index contributed by atoms with van der Waals surface area (Å²) in [6.07, 6.45) is 5.07. The second kappa shape index (κ2) is 8.13. The van der Waals surface area contributed by atoms with Crippen LogP contribution in [0.1, 0.15) is 32.1 Å². The lowest BCUT2D eigenvalue weighted by atomic mass is 9.90. The van der Waals surface area contributed by atoms with E-state index < -0.39 is 0 Å². The zero-order valence-electron chi connectivity index (χ0n) is 12.4. The van der Waals surface area contributed by atoms with E-state index in [2.05, 4.69) is 16.3 Å². The molecule has 0 saturated heterocycles. The average Bonchev–Trinajstić information content (AvgIpc) is 2.44. The summed E-state index contributed by atoms with van der Waals surface area (Å²) in [5.41, 5.74) is 0. The number of hydrogen-bond acceptors (Lipinski definition) is 4. The molecule has 0 aromatic heterocycles. The lowest BCUT2D eigenvalue weighted by Gasteiger charge is -2.34. The summed E-state index contributed by atoms with van der Waals surface area (Å²) >= 11 is 0. The maximum atomic E-state index is 12.0. The van der Waals surface area contributed by atoms with Gasteiger partial charge in [-0.25, -0.2) is 0 Å². The SMILES string of the molecule is CNC1CCC(N(C)CC(=O)N(C)CCC#N)CC1. The Morgan fingerprint density at radius 1 is 1.32 bits per heavy atom. The molecule has 5 heteroatoms. The first-order valence-electron chi connectivity index (χ1n) is 7.07. The van der Waals surface area contributed by atoms with Gasteiger partial charge in [0.1, 0.15) is 0 Å². The first-order valence-corrected chi connectivity index (χ1v) is 7.07. The van der Waals surface area contributed by atoms with Gasteiger partial charge in [0, 0.05) is 25.7 Å². The molecule has 0 atom stereocenters. The van der Waals surface area contributed by atoms with Crippen molar-refractivity contribution in [2.75, 3.05) is 34.2 Å². The van der Waals surface area contributed by atoms with E-state index in [0.717, 1.165) is 12.8 Å². The smallest absolute Gasteiger partial charge is 0.236 e. The summed E-state index contributed by atoms with van der Waals surface area (Å²) in [6, 6.07) is 3.22. The Balaban J connectivity index is 2.32. The zero-order valence-corrected chi connectivity index (χ0v) is 12.4. The molecule has 0 heterocycles. The van der Waals surface area contributed by atoms with Gasteiger partial charge in [0.15, 0.2) is 0 Å². The van der Waals surface area contributed by atoms with E-state index in [-0.39, 0.29) is 5.91 Å². The molecule has 0 aliphatic heterocycles. The Hall–Kier alpha value is -1.12. The van der Waals surface area contributed by atoms with Crippen LogP contribution in [-0.4, -0.2) is 62.0 Å². The van der Waals surface area contributed by atoms with Crippen molar-refractivity contribution in [2.45, 2.75) is 44.2 Å². The van der Waals surface area contributed by atoms with Gasteiger partial charge in [-0.05, 0) is 39.8 Å². The standard InChI is InChI=1S/C14H26N4O/c1-16-12-5-7-13(8-6-12)18(3)11-14(19)17(2)10-4-9-15/h12-13,16H,4-8,10-11H2,1-3H3. The third-order valence-electron chi connectivity index (χ3n) is 4.10. The van der Waals surface area contributed by atoms with Crippen molar-refractivity contribution >= 4 is 5.91 Å². The number of nitriles is 1. The fourth-order valence-electron chi connectivity index (χ4n) is 2.61. The molecule has 1 fully saturated rings. The molecule has 0 spiro atoms. The van der Waals surface area contributed by atoms with Gasteiger partial charge in [-0.1, -0.05) is 0 Å². The molecule has 19 heavy (non-hydrogen) atoms. The highest BCUT2D eigenvalue weighted by molar-refractivity contribution is 5.78. The Morgan fingerprint density at radius 3 is 2.47 bits per heavy atom. The van der Waals surface area contributed by atoms with Crippen LogP contribution in [0.5, 0.6) is 0 Å². The van der Waals surface area contributed by atoms with E-state index in [0.29, 0.717) is 31.6 Å². The van der Waals surface area contributed by atoms with Gasteiger partial charge in [-0.2, -0.15) is 5.26 Å². The molecule has 1 saturated carbocycles. The normalized spacial score (nSPS) is 23.1. The maximum absolute atomic E-state index is 12.0. The van der Waals surface area contributed by atoms with Crippen molar-refractivity contribution in [3.05, 3.63) is 0 Å². The van der Waals surface area contributed by atoms with Crippen molar-refractivity contribution in [1.82, 2.24) is 15.1 Å². The topological polar surface area (TPSA) is 59.4 Å². The van der Waals surface area contributed by atoms with E-state index in [4.69, 9.17) is 5.26 Å². The number of carbonyl (C=O) groups excluding carboxylic acids is 1. The van der Waals surface area contributed by atoms with Crippen LogP contribution in [0.2, 0.25) is 0 Å². The molecule has 1 amide bonds. The Morgan fingerprint density at radius 2 is 1.95 bits per heavy atom. The highest BCUT2D eigenvalue weighted by Gasteiger charge is 2.24. The van der Waals surface area contributed by atoms with E-state index in [9.17, 15) is 4.79 Å². The Labute approximate surface area is 116 Å². The highest BCUT2D eigenvalue weighted by atomic mass is 16.2. The van der Waals surface area contributed by atoms with Gasteiger partial charge < -0.3 is 10.2 Å². The van der Waals surface area contributed by atoms with E-state index in [1.165, 1.54) is 12.8 Å². The van der Waals surface area contributed by atoms with Gasteiger partial charge in [0.25, 0.3) is 0 Å². The molecule has 1 rings (SSSR count). The minimum absolute atomic E-state index is 0.105. The summed E-state index contributed by atoms with van der Waals surface area (Å²) in [4.78, 5) is 15.8. The number of carbonyl (C=O) groups is 1. The summed E-state index contributed by atoms with van der Waals surface area (Å²) in [5.74, 6) is 0.105. The number of nitrogens with zero attached hydrogens (tertiary/aromatic N) is 3. The maximum Gasteiger partial charge on any atom is 0.236 e. The third-order valence-corrected chi connectivity index (χ3v) is 4.10. The summed E-state index contributed by atoms with van der Waals surface area (Å²) < 4.78 is 0. The van der Waals surface area contributed by atoms with Gasteiger partial charge in [-0.3, -0.25) is 9.69 Å². The second-order valence-electron chi connectivity index (χ2n) is 5.43. The van der Waals surface area contributed by atoms with E-state index in [1.54, 1.807) is 11.9 Å². The van der Waals surface area contributed by atoms with Crippen LogP contribution in [0.3, 0.4) is 0 Å². The average molecular weight is 266 g/mol. The lowest BCUT2D eigenvalue weighted by Crippen LogP contribution is -2.44. The second-order valence-corrected chi connectivity index (χ2v) is 5.43. The van der Waals surface area contributed by atoms with Crippen molar-refractivity contribution in [1.29, 1.82) is 5.26 Å². The Bertz CT molecular complexity index is 318. The quantitative estimate of drug-likeness (QED) is 0.773. The first kappa shape index (κ1) is 15.9. The monoisotopic (exact) mass is 266 g/mol. The number of amides is 1. The number of likely N-dealkylation sites (N-methyl/N-ethyl adjacent to an activating group) is 2. The lowest BCUT2D eigenvalue weighted by molar-refractivity contribution is -0.131. The van der Waals surface area contributed by atoms with Crippen LogP contribution in [0, 0.1) is 11.3 Å². The van der Waals surface area contributed by atoms with Crippen molar-refractivity contribution in [2.24, 2.45) is 0 Å². The van der Waals surface area contributed by atoms with Crippen LogP contribution >= 0.6 is 0 Å². The minimum atomic E-state index is 0.105. The predicted molar refractivity (Wildman–Crippen MR) is 75.6 cm³/mol. The molecule has 108 valence electrons. The molecular formula is C14H26N4O. The van der Waals surface area contributed by atoms with Crippen molar-refractivity contribution in [3.63, 3.8) is 0 Å². The fraction of sp³-hybridized carbons (Fsp3) is 0.857. The third kappa shape index (κ3) is 5.17. The molecule has 0 bridgehead atoms. The molecule has 0 aromatic rings. The molecule has 0 radical (unpaired) electrons. The molecule has 1 N–H and O–H groups in total. The van der Waals surface area contributed by atoms with Gasteiger partial charge >= 0.3 is 0 Å². The van der Waals surface area contributed by atoms with Crippen molar-refractivity contribution < 1.29 is 4.79 Å². The number of rotatable bonds is 6. The first-order chi connectivity index (χ1) is 9.08. The predicted octanol–water partition coefficient (Wildman–Crippen LogP) is 0.821. The largest absolute Gasteiger partial charge is 0.344 e. The Kier molecular flexibility index (Phi) is 6.82. The number of nitrogens with one attached hydrogen (secondary N) is 1. The molecular weight excluding hydrogens is 240 g/mol. The molecule has 5 nitrogen and oxygen atoms in total. The van der Waals surface area contributed by atoms with Gasteiger partial charge in [0.2, 0.25) is 5.91 Å². The van der Waals surface area contributed by atoms with Gasteiger partial charge in [-0.15, -0.1) is 0 Å². The fourth-order valence-corrected chi connectivity index (χ4v) is 2.61. The van der Waals surface area contributed by atoms with Gasteiger partial charge in [0.05, 0.1) is 19.0 Å². The zero-order chi connectivity index (χ0) is 14.3. The molecule has 0 unspecified atom stereocenters. The van der Waals surface area contributed by atoms with E-state index >= 15 is 0 Å². The van der Waals surface area contributed by atoms with Crippen LogP contribution in [0.4, 0.5) is 0 Å². The van der Waals surface area contributed by atoms with Crippen LogP contribution in [0.15, 0.2) is 0 Å². The minimum Gasteiger partial charge on any atom is -0.344 e. The summed E-state index contributed by atoms with van der Waals surface area (Å²) in [5, 5.41) is 11.8. The van der Waals surface area contributed by atoms with Crippen LogP contribution in [-0.2, 0) is 4.79 Å². The van der Waals surface area contributed by atoms with Crippen molar-refractivity contribution in [3.8, 4) is 6.07 Å². The summed E-state index contributed by atoms with van der Waals surface area (Å²) in [6.45, 7) is 0.979. The highest BCUT2D eigenvalue weighted by Crippen LogP contribution is 2.22. The number of hydrogen-bond donors (Lipinski definition) is 1. The molecule has 0 aromatic carbocycles. The van der Waals surface area contributed by atoms with E-state index in [1.807, 2.05) is 14.1 Å². The summed E-state index contributed by atoms with van der Waals surface area (Å²) in [7, 11) is 5.81.